The van der Waals surface area contributed by atoms with Crippen LogP contribution in [0.4, 0.5) is 4.79 Å². The molecule has 1 amide bonds. The monoisotopic (exact) mass is 270 g/mol. The minimum absolute atomic E-state index is 0.170. The molecule has 2 rings (SSSR count). The first-order chi connectivity index (χ1) is 9.29. The molecular weight excluding hydrogens is 244 g/mol. The maximum Gasteiger partial charge on any atom is 0.409 e. The lowest BCUT2D eigenvalue weighted by Crippen LogP contribution is -2.47. The van der Waals surface area contributed by atoms with Crippen molar-refractivity contribution < 1.29 is 14.3 Å². The Hall–Kier alpha value is -0.810. The Balaban J connectivity index is 1.61. The lowest BCUT2D eigenvalue weighted by atomic mass is 10.0. The van der Waals surface area contributed by atoms with Crippen molar-refractivity contribution in [1.29, 1.82) is 0 Å². The summed E-state index contributed by atoms with van der Waals surface area (Å²) >= 11 is 0. The number of carbonyl (C=O) groups is 1. The molecule has 2 aliphatic rings. The van der Waals surface area contributed by atoms with Crippen molar-refractivity contribution in [3.63, 3.8) is 0 Å². The van der Waals surface area contributed by atoms with E-state index in [9.17, 15) is 4.79 Å². The molecule has 1 N–H and O–H groups in total. The van der Waals surface area contributed by atoms with E-state index in [1.54, 1.807) is 4.90 Å². The van der Waals surface area contributed by atoms with Gasteiger partial charge in [0.25, 0.3) is 0 Å². The number of hydrogen-bond acceptors (Lipinski definition) is 4. The van der Waals surface area contributed by atoms with Gasteiger partial charge in [-0.25, -0.2) is 4.79 Å². The molecule has 5 heteroatoms. The van der Waals surface area contributed by atoms with E-state index < -0.39 is 0 Å². The fraction of sp³-hybridized carbons (Fsp3) is 0.929. The molecule has 0 spiro atoms. The summed E-state index contributed by atoms with van der Waals surface area (Å²) in [6, 6.07) is 0.510. The highest BCUT2D eigenvalue weighted by Crippen LogP contribution is 2.14. The van der Waals surface area contributed by atoms with E-state index in [1.165, 1.54) is 19.3 Å². The largest absolute Gasteiger partial charge is 0.450 e. The first-order valence-corrected chi connectivity index (χ1v) is 7.56. The number of likely N-dealkylation sites (tertiary alicyclic amines) is 1. The van der Waals surface area contributed by atoms with Crippen LogP contribution in [0.2, 0.25) is 0 Å². The second-order valence-electron chi connectivity index (χ2n) is 5.36. The van der Waals surface area contributed by atoms with E-state index >= 15 is 0 Å². The average molecular weight is 270 g/mol. The third-order valence-electron chi connectivity index (χ3n) is 3.93. The van der Waals surface area contributed by atoms with Gasteiger partial charge in [0.1, 0.15) is 0 Å². The zero-order chi connectivity index (χ0) is 13.5. The van der Waals surface area contributed by atoms with Crippen LogP contribution >= 0.6 is 0 Å². The molecule has 2 fully saturated rings. The Morgan fingerprint density at radius 2 is 2.11 bits per heavy atom. The van der Waals surface area contributed by atoms with Crippen molar-refractivity contribution in [2.24, 2.45) is 0 Å². The number of nitrogens with zero attached hydrogens (tertiary/aromatic N) is 1. The van der Waals surface area contributed by atoms with E-state index in [1.807, 2.05) is 6.92 Å². The molecule has 19 heavy (non-hydrogen) atoms. The fourth-order valence-electron chi connectivity index (χ4n) is 2.75. The highest BCUT2D eigenvalue weighted by molar-refractivity contribution is 5.67. The Morgan fingerprint density at radius 1 is 1.32 bits per heavy atom. The standard InChI is InChI=1S/C14H26N2O3/c1-2-18-14(17)16-8-6-12(7-9-16)15-11-13-5-3-4-10-19-13/h12-13,15H,2-11H2,1H3. The van der Waals surface area contributed by atoms with Crippen LogP contribution in [0.25, 0.3) is 0 Å². The molecule has 0 bridgehead atoms. The Bertz CT molecular complexity index is 272. The maximum absolute atomic E-state index is 11.6. The summed E-state index contributed by atoms with van der Waals surface area (Å²) in [6.07, 6.45) is 5.89. The number of nitrogens with one attached hydrogen (secondary N) is 1. The molecule has 0 aromatic carbocycles. The summed E-state index contributed by atoms with van der Waals surface area (Å²) in [5.41, 5.74) is 0. The molecule has 1 unspecified atom stereocenters. The van der Waals surface area contributed by atoms with E-state index in [2.05, 4.69) is 5.32 Å². The number of carbonyl (C=O) groups excluding carboxylic acids is 1. The molecule has 5 nitrogen and oxygen atoms in total. The average Bonchev–Trinajstić information content (AvgIpc) is 2.47. The van der Waals surface area contributed by atoms with Crippen LogP contribution < -0.4 is 5.32 Å². The molecule has 2 heterocycles. The molecule has 0 aromatic heterocycles. The second-order valence-corrected chi connectivity index (χ2v) is 5.36. The highest BCUT2D eigenvalue weighted by Gasteiger charge is 2.24. The normalized spacial score (nSPS) is 25.3. The SMILES string of the molecule is CCOC(=O)N1CCC(NCC2CCCCO2)CC1. The number of amides is 1. The van der Waals surface area contributed by atoms with E-state index in [-0.39, 0.29) is 6.09 Å². The van der Waals surface area contributed by atoms with E-state index in [0.29, 0.717) is 18.8 Å². The summed E-state index contributed by atoms with van der Waals surface area (Å²) in [5, 5.41) is 3.58. The Kier molecular flexibility index (Phi) is 5.92. The molecule has 0 aromatic rings. The van der Waals surface area contributed by atoms with Gasteiger partial charge in [-0.15, -0.1) is 0 Å². The predicted octanol–water partition coefficient (Wildman–Crippen LogP) is 1.77. The molecule has 110 valence electrons. The first-order valence-electron chi connectivity index (χ1n) is 7.56. The van der Waals surface area contributed by atoms with Crippen molar-refractivity contribution in [2.45, 2.75) is 51.2 Å². The number of hydrogen-bond donors (Lipinski definition) is 1. The van der Waals surface area contributed by atoms with E-state index in [4.69, 9.17) is 9.47 Å². The lowest BCUT2D eigenvalue weighted by Gasteiger charge is -2.33. The van der Waals surface area contributed by atoms with Gasteiger partial charge in [-0.2, -0.15) is 0 Å². The van der Waals surface area contributed by atoms with Gasteiger partial charge in [0.05, 0.1) is 12.7 Å². The van der Waals surface area contributed by atoms with Crippen molar-refractivity contribution in [3.8, 4) is 0 Å². The minimum Gasteiger partial charge on any atom is -0.450 e. The molecule has 1 atom stereocenters. The minimum atomic E-state index is -0.170. The number of ether oxygens (including phenoxy) is 2. The highest BCUT2D eigenvalue weighted by atomic mass is 16.6. The van der Waals surface area contributed by atoms with Crippen molar-refractivity contribution in [2.75, 3.05) is 32.8 Å². The van der Waals surface area contributed by atoms with Gasteiger partial charge >= 0.3 is 6.09 Å². The van der Waals surface area contributed by atoms with Crippen molar-refractivity contribution in [1.82, 2.24) is 10.2 Å². The summed E-state index contributed by atoms with van der Waals surface area (Å²) in [7, 11) is 0. The Labute approximate surface area is 115 Å². The zero-order valence-corrected chi connectivity index (χ0v) is 11.9. The first kappa shape index (κ1) is 14.6. The summed E-state index contributed by atoms with van der Waals surface area (Å²) in [4.78, 5) is 13.4. The van der Waals surface area contributed by atoms with Gasteiger partial charge < -0.3 is 19.7 Å². The maximum atomic E-state index is 11.6. The van der Waals surface area contributed by atoms with E-state index in [0.717, 1.165) is 39.1 Å². The van der Waals surface area contributed by atoms with Gasteiger partial charge in [-0.3, -0.25) is 0 Å². The van der Waals surface area contributed by atoms with Gasteiger partial charge in [0.15, 0.2) is 0 Å². The summed E-state index contributed by atoms with van der Waals surface area (Å²) in [6.45, 7) is 5.74. The van der Waals surface area contributed by atoms with Crippen LogP contribution in [0.15, 0.2) is 0 Å². The summed E-state index contributed by atoms with van der Waals surface area (Å²) < 4.78 is 10.7. The Morgan fingerprint density at radius 3 is 2.74 bits per heavy atom. The lowest BCUT2D eigenvalue weighted by molar-refractivity contribution is 0.0138. The molecular formula is C14H26N2O3. The molecule has 2 aliphatic heterocycles. The van der Waals surface area contributed by atoms with Crippen molar-refractivity contribution >= 4 is 6.09 Å². The molecule has 0 radical (unpaired) electrons. The van der Waals surface area contributed by atoms with Crippen LogP contribution in [0, 0.1) is 0 Å². The number of piperidine rings is 1. The quantitative estimate of drug-likeness (QED) is 0.846. The van der Waals surface area contributed by atoms with Gasteiger partial charge in [0.2, 0.25) is 0 Å². The van der Waals surface area contributed by atoms with Crippen molar-refractivity contribution in [3.05, 3.63) is 0 Å². The zero-order valence-electron chi connectivity index (χ0n) is 11.9. The van der Waals surface area contributed by atoms with Crippen LogP contribution in [0.3, 0.4) is 0 Å². The van der Waals surface area contributed by atoms with Gasteiger partial charge in [-0.1, -0.05) is 0 Å². The second kappa shape index (κ2) is 7.70. The third-order valence-corrected chi connectivity index (χ3v) is 3.93. The van der Waals surface area contributed by atoms with Crippen LogP contribution in [0.1, 0.15) is 39.0 Å². The molecule has 0 saturated carbocycles. The predicted molar refractivity (Wildman–Crippen MR) is 73.2 cm³/mol. The fourth-order valence-corrected chi connectivity index (χ4v) is 2.75. The van der Waals surface area contributed by atoms with Gasteiger partial charge in [-0.05, 0) is 39.0 Å². The van der Waals surface area contributed by atoms with Gasteiger partial charge in [0, 0.05) is 32.3 Å². The molecule has 2 saturated heterocycles. The van der Waals surface area contributed by atoms with Crippen LogP contribution in [0.5, 0.6) is 0 Å². The summed E-state index contributed by atoms with van der Waals surface area (Å²) in [5.74, 6) is 0. The number of rotatable bonds is 4. The topological polar surface area (TPSA) is 50.8 Å². The van der Waals surface area contributed by atoms with Crippen LogP contribution in [-0.2, 0) is 9.47 Å². The van der Waals surface area contributed by atoms with Crippen LogP contribution in [-0.4, -0.2) is 56.0 Å². The third kappa shape index (κ3) is 4.66. The smallest absolute Gasteiger partial charge is 0.409 e. The molecule has 0 aliphatic carbocycles.